The number of nitriles is 1. The van der Waals surface area contributed by atoms with Gasteiger partial charge in [0.15, 0.2) is 0 Å². The normalized spacial score (nSPS) is 10.7. The molecule has 0 aliphatic carbocycles. The van der Waals surface area contributed by atoms with Crippen molar-refractivity contribution in [1.82, 2.24) is 0 Å². The smallest absolute Gasteiger partial charge is 0.376 e. The van der Waals surface area contributed by atoms with Crippen LogP contribution in [0.3, 0.4) is 0 Å². The number of amides is 1. The van der Waals surface area contributed by atoms with E-state index in [1.54, 1.807) is 0 Å². The Morgan fingerprint density at radius 3 is 2.59 bits per heavy atom. The largest absolute Gasteiger partial charge is 0.417 e. The van der Waals surface area contributed by atoms with Gasteiger partial charge in [-0.05, 0) is 18.2 Å². The topological polar surface area (TPSA) is 78.9 Å². The third-order valence-corrected chi connectivity index (χ3v) is 1.91. The van der Waals surface area contributed by atoms with E-state index in [1.807, 2.05) is 0 Å². The van der Waals surface area contributed by atoms with Gasteiger partial charge in [-0.3, -0.25) is 4.79 Å². The molecule has 0 atom stereocenters. The van der Waals surface area contributed by atoms with Crippen LogP contribution >= 0.6 is 0 Å². The maximum absolute atomic E-state index is 12.5. The molecule has 7 heteroatoms. The Balaban J connectivity index is 3.06. The summed E-state index contributed by atoms with van der Waals surface area (Å²) in [4.78, 5) is 10.5. The summed E-state index contributed by atoms with van der Waals surface area (Å²) >= 11 is 0. The number of nitrogens with one attached hydrogen (secondary N) is 1. The highest BCUT2D eigenvalue weighted by molar-refractivity contribution is 5.78. The van der Waals surface area contributed by atoms with Crippen molar-refractivity contribution in [2.45, 2.75) is 6.18 Å². The van der Waals surface area contributed by atoms with Gasteiger partial charge in [0.1, 0.15) is 0 Å². The minimum Gasteiger partial charge on any atom is -0.376 e. The van der Waals surface area contributed by atoms with Gasteiger partial charge in [0.2, 0.25) is 5.91 Å². The number of rotatable bonds is 3. The van der Waals surface area contributed by atoms with Crippen LogP contribution in [-0.4, -0.2) is 12.5 Å². The van der Waals surface area contributed by atoms with Crippen molar-refractivity contribution in [2.75, 3.05) is 11.9 Å². The van der Waals surface area contributed by atoms with E-state index in [4.69, 9.17) is 11.0 Å². The molecule has 0 bridgehead atoms. The molecule has 0 saturated heterocycles. The molecule has 17 heavy (non-hydrogen) atoms. The van der Waals surface area contributed by atoms with Gasteiger partial charge in [-0.15, -0.1) is 0 Å². The van der Waals surface area contributed by atoms with E-state index < -0.39 is 23.2 Å². The van der Waals surface area contributed by atoms with Gasteiger partial charge in [0.25, 0.3) is 0 Å². The second-order valence-electron chi connectivity index (χ2n) is 3.19. The van der Waals surface area contributed by atoms with E-state index >= 15 is 0 Å². The van der Waals surface area contributed by atoms with E-state index in [0.717, 1.165) is 12.1 Å². The first-order valence-corrected chi connectivity index (χ1v) is 4.48. The molecule has 0 fully saturated rings. The molecule has 4 nitrogen and oxygen atoms in total. The molecule has 0 spiro atoms. The number of benzene rings is 1. The predicted octanol–water partition coefficient (Wildman–Crippen LogP) is 1.47. The lowest BCUT2D eigenvalue weighted by molar-refractivity contribution is -0.137. The first-order valence-electron chi connectivity index (χ1n) is 4.48. The van der Waals surface area contributed by atoms with Gasteiger partial charge in [0, 0.05) is 5.69 Å². The Morgan fingerprint density at radius 1 is 1.47 bits per heavy atom. The number of halogens is 3. The summed E-state index contributed by atoms with van der Waals surface area (Å²) in [6.07, 6.45) is -4.62. The number of primary amides is 1. The number of carbonyl (C=O) groups excluding carboxylic acids is 1. The van der Waals surface area contributed by atoms with Gasteiger partial charge in [0.05, 0.1) is 23.7 Å². The standard InChI is InChI=1S/C10H8F3N3O/c11-10(12,13)8-3-7(16-5-9(15)17)2-1-6(8)4-14/h1-3,16H,5H2,(H2,15,17). The summed E-state index contributed by atoms with van der Waals surface area (Å²) in [5.74, 6) is -0.692. The summed E-state index contributed by atoms with van der Waals surface area (Å²) < 4.78 is 37.6. The van der Waals surface area contributed by atoms with Crippen molar-refractivity contribution < 1.29 is 18.0 Å². The molecule has 1 aromatic carbocycles. The molecule has 0 radical (unpaired) electrons. The number of alkyl halides is 3. The van der Waals surface area contributed by atoms with Crippen LogP contribution in [0.5, 0.6) is 0 Å². The quantitative estimate of drug-likeness (QED) is 0.843. The lowest BCUT2D eigenvalue weighted by atomic mass is 10.1. The van der Waals surface area contributed by atoms with Crippen molar-refractivity contribution in [1.29, 1.82) is 5.26 Å². The monoisotopic (exact) mass is 243 g/mol. The molecule has 0 aromatic heterocycles. The first-order chi connectivity index (χ1) is 7.84. The van der Waals surface area contributed by atoms with Crippen LogP contribution < -0.4 is 11.1 Å². The van der Waals surface area contributed by atoms with E-state index in [9.17, 15) is 18.0 Å². The second-order valence-corrected chi connectivity index (χ2v) is 3.19. The number of nitrogens with two attached hydrogens (primary N) is 1. The van der Waals surface area contributed by atoms with Crippen molar-refractivity contribution in [3.63, 3.8) is 0 Å². The molecular weight excluding hydrogens is 235 g/mol. The molecule has 0 aliphatic heterocycles. The molecule has 1 amide bonds. The average molecular weight is 243 g/mol. The molecule has 0 unspecified atom stereocenters. The van der Waals surface area contributed by atoms with Crippen LogP contribution in [0, 0.1) is 11.3 Å². The minimum atomic E-state index is -4.62. The van der Waals surface area contributed by atoms with Gasteiger partial charge < -0.3 is 11.1 Å². The van der Waals surface area contributed by atoms with Crippen molar-refractivity contribution in [2.24, 2.45) is 5.73 Å². The number of carbonyl (C=O) groups is 1. The van der Waals surface area contributed by atoms with Crippen LogP contribution in [0.15, 0.2) is 18.2 Å². The van der Waals surface area contributed by atoms with Crippen LogP contribution in [-0.2, 0) is 11.0 Å². The summed E-state index contributed by atoms with van der Waals surface area (Å²) in [7, 11) is 0. The fourth-order valence-corrected chi connectivity index (χ4v) is 1.18. The lowest BCUT2D eigenvalue weighted by Gasteiger charge is -2.11. The molecule has 1 aromatic rings. The van der Waals surface area contributed by atoms with E-state index in [1.165, 1.54) is 12.1 Å². The molecule has 0 saturated carbocycles. The van der Waals surface area contributed by atoms with Gasteiger partial charge >= 0.3 is 6.18 Å². The first kappa shape index (κ1) is 12.8. The molecule has 90 valence electrons. The molecular formula is C10H8F3N3O. The highest BCUT2D eigenvalue weighted by Gasteiger charge is 2.33. The second kappa shape index (κ2) is 4.74. The molecule has 1 rings (SSSR count). The number of hydrogen-bond acceptors (Lipinski definition) is 3. The number of nitrogens with zero attached hydrogens (tertiary/aromatic N) is 1. The van der Waals surface area contributed by atoms with E-state index in [2.05, 4.69) is 5.32 Å². The number of anilines is 1. The Kier molecular flexibility index (Phi) is 3.58. The van der Waals surface area contributed by atoms with Crippen LogP contribution in [0.25, 0.3) is 0 Å². The number of hydrogen-bond donors (Lipinski definition) is 2. The third kappa shape index (κ3) is 3.38. The Labute approximate surface area is 94.8 Å². The zero-order valence-electron chi connectivity index (χ0n) is 8.51. The fraction of sp³-hybridized carbons (Fsp3) is 0.200. The van der Waals surface area contributed by atoms with Gasteiger partial charge in [-0.2, -0.15) is 18.4 Å². The van der Waals surface area contributed by atoms with Crippen LogP contribution in [0.2, 0.25) is 0 Å². The zero-order chi connectivity index (χ0) is 13.1. The van der Waals surface area contributed by atoms with E-state index in [-0.39, 0.29) is 12.2 Å². The van der Waals surface area contributed by atoms with Gasteiger partial charge in [-0.25, -0.2) is 0 Å². The van der Waals surface area contributed by atoms with Crippen LogP contribution in [0.4, 0.5) is 18.9 Å². The predicted molar refractivity (Wildman–Crippen MR) is 53.8 cm³/mol. The Morgan fingerprint density at radius 2 is 2.12 bits per heavy atom. The minimum absolute atomic E-state index is 0.0788. The SMILES string of the molecule is N#Cc1ccc(NCC(N)=O)cc1C(F)(F)F. The molecule has 0 heterocycles. The highest BCUT2D eigenvalue weighted by Crippen LogP contribution is 2.33. The maximum Gasteiger partial charge on any atom is 0.417 e. The third-order valence-electron chi connectivity index (χ3n) is 1.91. The fourth-order valence-electron chi connectivity index (χ4n) is 1.18. The average Bonchev–Trinajstić information content (AvgIpc) is 2.24. The molecule has 0 aliphatic rings. The van der Waals surface area contributed by atoms with Crippen molar-refractivity contribution >= 4 is 11.6 Å². The Bertz CT molecular complexity index is 477. The summed E-state index contributed by atoms with van der Waals surface area (Å²) in [6.45, 7) is -0.275. The summed E-state index contributed by atoms with van der Waals surface area (Å²) in [5.41, 5.74) is 3.41. The summed E-state index contributed by atoms with van der Waals surface area (Å²) in [5, 5.41) is 11.0. The van der Waals surface area contributed by atoms with Crippen molar-refractivity contribution in [3.05, 3.63) is 29.3 Å². The molecule has 3 N–H and O–H groups in total. The Hall–Kier alpha value is -2.23. The maximum atomic E-state index is 12.5. The highest BCUT2D eigenvalue weighted by atomic mass is 19.4. The van der Waals surface area contributed by atoms with E-state index in [0.29, 0.717) is 0 Å². The van der Waals surface area contributed by atoms with Crippen molar-refractivity contribution in [3.8, 4) is 6.07 Å². The summed E-state index contributed by atoms with van der Waals surface area (Å²) in [6, 6.07) is 4.53. The zero-order valence-corrected chi connectivity index (χ0v) is 8.51. The lowest BCUT2D eigenvalue weighted by Crippen LogP contribution is -2.22. The van der Waals surface area contributed by atoms with Gasteiger partial charge in [-0.1, -0.05) is 0 Å². The van der Waals surface area contributed by atoms with Crippen LogP contribution in [0.1, 0.15) is 11.1 Å².